The minimum Gasteiger partial charge on any atom is -0.342 e. The van der Waals surface area contributed by atoms with Crippen LogP contribution in [0.2, 0.25) is 0 Å². The second-order valence-corrected chi connectivity index (χ2v) is 2.70. The first-order valence-electron chi connectivity index (χ1n) is 4.49. The van der Waals surface area contributed by atoms with Gasteiger partial charge < -0.3 is 4.90 Å². The number of carbonyl (C=O) groups is 1. The third-order valence-electron chi connectivity index (χ3n) is 1.98. The standard InChI is InChI=1S/C7H13NO.C2H6/c1-3-7-4-8(5-7)6(2)9;1-2/h7H,3-5H2,1-2H3;1-2H3. The minimum absolute atomic E-state index is 0.222. The Hall–Kier alpha value is -0.530. The fourth-order valence-corrected chi connectivity index (χ4v) is 1.09. The van der Waals surface area contributed by atoms with Crippen LogP contribution >= 0.6 is 0 Å². The molecule has 1 heterocycles. The van der Waals surface area contributed by atoms with Gasteiger partial charge in [-0.2, -0.15) is 0 Å². The first-order valence-corrected chi connectivity index (χ1v) is 4.49. The molecular formula is C9H19NO. The Balaban J connectivity index is 0.000000461. The monoisotopic (exact) mass is 157 g/mol. The van der Waals surface area contributed by atoms with Crippen molar-refractivity contribution in [2.75, 3.05) is 13.1 Å². The molecule has 1 rings (SSSR count). The summed E-state index contributed by atoms with van der Waals surface area (Å²) in [5, 5.41) is 0. The lowest BCUT2D eigenvalue weighted by Gasteiger charge is -2.38. The summed E-state index contributed by atoms with van der Waals surface area (Å²) in [7, 11) is 0. The lowest BCUT2D eigenvalue weighted by molar-refractivity contribution is -0.135. The Labute approximate surface area is 69.6 Å². The van der Waals surface area contributed by atoms with Gasteiger partial charge in [0.15, 0.2) is 0 Å². The molecule has 11 heavy (non-hydrogen) atoms. The van der Waals surface area contributed by atoms with Crippen molar-refractivity contribution in [1.29, 1.82) is 0 Å². The number of hydrogen-bond donors (Lipinski definition) is 0. The molecular weight excluding hydrogens is 138 g/mol. The van der Waals surface area contributed by atoms with Gasteiger partial charge >= 0.3 is 0 Å². The number of hydrogen-bond acceptors (Lipinski definition) is 1. The van der Waals surface area contributed by atoms with Crippen LogP contribution in [0.4, 0.5) is 0 Å². The van der Waals surface area contributed by atoms with Crippen molar-refractivity contribution in [2.45, 2.75) is 34.1 Å². The second kappa shape index (κ2) is 5.16. The van der Waals surface area contributed by atoms with Crippen LogP contribution in [0.3, 0.4) is 0 Å². The fourth-order valence-electron chi connectivity index (χ4n) is 1.09. The zero-order valence-electron chi connectivity index (χ0n) is 8.05. The number of likely N-dealkylation sites (tertiary alicyclic amines) is 1. The minimum atomic E-state index is 0.222. The first kappa shape index (κ1) is 10.5. The number of nitrogens with zero attached hydrogens (tertiary/aromatic N) is 1. The Kier molecular flexibility index (Phi) is 4.92. The topological polar surface area (TPSA) is 20.3 Å². The van der Waals surface area contributed by atoms with Gasteiger partial charge in [-0.15, -0.1) is 0 Å². The van der Waals surface area contributed by atoms with Crippen molar-refractivity contribution in [1.82, 2.24) is 4.90 Å². The number of carbonyl (C=O) groups excluding carboxylic acids is 1. The summed E-state index contributed by atoms with van der Waals surface area (Å²) in [6.07, 6.45) is 1.21. The molecule has 0 saturated carbocycles. The van der Waals surface area contributed by atoms with E-state index in [1.54, 1.807) is 6.92 Å². The molecule has 0 atom stereocenters. The van der Waals surface area contributed by atoms with Crippen molar-refractivity contribution >= 4 is 5.91 Å². The SMILES string of the molecule is CC.CCC1CN(C(C)=O)C1. The van der Waals surface area contributed by atoms with Crippen LogP contribution in [-0.4, -0.2) is 23.9 Å². The molecule has 1 saturated heterocycles. The van der Waals surface area contributed by atoms with Gasteiger partial charge in [-0.25, -0.2) is 0 Å². The van der Waals surface area contributed by atoms with Crippen molar-refractivity contribution in [3.8, 4) is 0 Å². The van der Waals surface area contributed by atoms with Gasteiger partial charge in [-0.1, -0.05) is 20.8 Å². The van der Waals surface area contributed by atoms with E-state index in [0.29, 0.717) is 0 Å². The Morgan fingerprint density at radius 2 is 1.91 bits per heavy atom. The number of rotatable bonds is 1. The molecule has 1 fully saturated rings. The van der Waals surface area contributed by atoms with Gasteiger partial charge in [0.1, 0.15) is 0 Å². The molecule has 1 aliphatic heterocycles. The molecule has 1 amide bonds. The van der Waals surface area contributed by atoms with E-state index in [0.717, 1.165) is 19.0 Å². The van der Waals surface area contributed by atoms with Crippen LogP contribution in [0.15, 0.2) is 0 Å². The maximum absolute atomic E-state index is 10.6. The van der Waals surface area contributed by atoms with Crippen molar-refractivity contribution < 1.29 is 4.79 Å². The Morgan fingerprint density at radius 1 is 1.45 bits per heavy atom. The van der Waals surface area contributed by atoms with Gasteiger partial charge in [0.25, 0.3) is 0 Å². The molecule has 0 aliphatic carbocycles. The van der Waals surface area contributed by atoms with Crippen LogP contribution in [-0.2, 0) is 4.79 Å². The highest BCUT2D eigenvalue weighted by Crippen LogP contribution is 2.17. The van der Waals surface area contributed by atoms with Gasteiger partial charge in [0.2, 0.25) is 5.91 Å². The third-order valence-corrected chi connectivity index (χ3v) is 1.98. The molecule has 2 heteroatoms. The van der Waals surface area contributed by atoms with E-state index in [-0.39, 0.29) is 5.91 Å². The summed E-state index contributed by atoms with van der Waals surface area (Å²) in [5.41, 5.74) is 0. The van der Waals surface area contributed by atoms with E-state index < -0.39 is 0 Å². The second-order valence-electron chi connectivity index (χ2n) is 2.70. The number of amides is 1. The van der Waals surface area contributed by atoms with Gasteiger partial charge in [0, 0.05) is 20.0 Å². The summed E-state index contributed by atoms with van der Waals surface area (Å²) in [6.45, 7) is 9.78. The van der Waals surface area contributed by atoms with Crippen LogP contribution in [0, 0.1) is 5.92 Å². The molecule has 0 bridgehead atoms. The van der Waals surface area contributed by atoms with Crippen molar-refractivity contribution in [3.05, 3.63) is 0 Å². The molecule has 2 nitrogen and oxygen atoms in total. The van der Waals surface area contributed by atoms with Crippen LogP contribution in [0.5, 0.6) is 0 Å². The molecule has 0 radical (unpaired) electrons. The van der Waals surface area contributed by atoms with Gasteiger partial charge in [0.05, 0.1) is 0 Å². The van der Waals surface area contributed by atoms with E-state index >= 15 is 0 Å². The zero-order valence-corrected chi connectivity index (χ0v) is 8.05. The van der Waals surface area contributed by atoms with E-state index in [4.69, 9.17) is 0 Å². The maximum atomic E-state index is 10.6. The lowest BCUT2D eigenvalue weighted by atomic mass is 9.98. The molecule has 0 unspecified atom stereocenters. The summed E-state index contributed by atoms with van der Waals surface area (Å²) in [4.78, 5) is 12.5. The van der Waals surface area contributed by atoms with E-state index in [9.17, 15) is 4.79 Å². The summed E-state index contributed by atoms with van der Waals surface area (Å²) >= 11 is 0. The van der Waals surface area contributed by atoms with Gasteiger partial charge in [-0.05, 0) is 12.3 Å². The molecule has 0 aromatic carbocycles. The highest BCUT2D eigenvalue weighted by molar-refractivity contribution is 5.74. The zero-order chi connectivity index (χ0) is 8.85. The summed E-state index contributed by atoms with van der Waals surface area (Å²) in [5.74, 6) is 1.01. The largest absolute Gasteiger partial charge is 0.342 e. The molecule has 0 spiro atoms. The highest BCUT2D eigenvalue weighted by Gasteiger charge is 2.26. The van der Waals surface area contributed by atoms with Crippen molar-refractivity contribution in [3.63, 3.8) is 0 Å². The maximum Gasteiger partial charge on any atom is 0.219 e. The van der Waals surface area contributed by atoms with E-state index in [2.05, 4.69) is 6.92 Å². The van der Waals surface area contributed by atoms with Crippen LogP contribution in [0.25, 0.3) is 0 Å². The third kappa shape index (κ3) is 2.91. The molecule has 0 aromatic heterocycles. The molecule has 1 aliphatic rings. The average Bonchev–Trinajstić information content (AvgIpc) is 1.89. The molecule has 0 N–H and O–H groups in total. The Morgan fingerprint density at radius 3 is 2.18 bits per heavy atom. The molecule has 66 valence electrons. The Bertz CT molecular complexity index is 117. The van der Waals surface area contributed by atoms with Gasteiger partial charge in [-0.3, -0.25) is 4.79 Å². The summed E-state index contributed by atoms with van der Waals surface area (Å²) < 4.78 is 0. The molecule has 0 aromatic rings. The predicted octanol–water partition coefficient (Wildman–Crippen LogP) is 1.90. The average molecular weight is 157 g/mol. The smallest absolute Gasteiger partial charge is 0.219 e. The van der Waals surface area contributed by atoms with E-state index in [1.807, 2.05) is 18.7 Å². The van der Waals surface area contributed by atoms with E-state index in [1.165, 1.54) is 6.42 Å². The van der Waals surface area contributed by atoms with Crippen LogP contribution in [0.1, 0.15) is 34.1 Å². The fraction of sp³-hybridized carbons (Fsp3) is 0.889. The summed E-state index contributed by atoms with van der Waals surface area (Å²) in [6, 6.07) is 0. The first-order chi connectivity index (χ1) is 5.24. The van der Waals surface area contributed by atoms with Crippen molar-refractivity contribution in [2.24, 2.45) is 5.92 Å². The predicted molar refractivity (Wildman–Crippen MR) is 47.4 cm³/mol. The highest BCUT2D eigenvalue weighted by atomic mass is 16.2. The lowest BCUT2D eigenvalue weighted by Crippen LogP contribution is -2.48. The van der Waals surface area contributed by atoms with Crippen LogP contribution < -0.4 is 0 Å². The quantitative estimate of drug-likeness (QED) is 0.569. The normalized spacial score (nSPS) is 16.5.